The Hall–Kier alpha value is -3.27. The van der Waals surface area contributed by atoms with Crippen LogP contribution in [0.15, 0.2) is 42.7 Å². The van der Waals surface area contributed by atoms with E-state index in [-0.39, 0.29) is 29.0 Å². The van der Waals surface area contributed by atoms with Crippen LogP contribution in [0.1, 0.15) is 53.7 Å². The van der Waals surface area contributed by atoms with E-state index >= 15 is 0 Å². The molecule has 3 aromatic rings. The van der Waals surface area contributed by atoms with E-state index in [1.165, 1.54) is 29.1 Å². The fraction of sp³-hybridized carbons (Fsp3) is 0.440. The van der Waals surface area contributed by atoms with Crippen molar-refractivity contribution in [1.82, 2.24) is 29.5 Å². The van der Waals surface area contributed by atoms with E-state index < -0.39 is 11.7 Å². The van der Waals surface area contributed by atoms with Crippen LogP contribution in [-0.2, 0) is 6.18 Å². The average Bonchev–Trinajstić information content (AvgIpc) is 3.61. The first kappa shape index (κ1) is 23.5. The van der Waals surface area contributed by atoms with Crippen molar-refractivity contribution in [2.75, 3.05) is 32.7 Å². The third kappa shape index (κ3) is 4.80. The molecule has 0 unspecified atom stereocenters. The number of carbonyl (C=O) groups excluding carboxylic acids is 1. The van der Waals surface area contributed by atoms with Crippen molar-refractivity contribution in [3.8, 4) is 17.2 Å². The van der Waals surface area contributed by atoms with E-state index in [4.69, 9.17) is 0 Å². The van der Waals surface area contributed by atoms with Gasteiger partial charge >= 0.3 is 6.18 Å². The van der Waals surface area contributed by atoms with Gasteiger partial charge < -0.3 is 4.90 Å². The maximum atomic E-state index is 13.6. The van der Waals surface area contributed by atoms with E-state index in [0.29, 0.717) is 18.7 Å². The molecule has 0 N–H and O–H groups in total. The molecule has 7 nitrogen and oxygen atoms in total. The highest BCUT2D eigenvalue weighted by Crippen LogP contribution is 2.43. The molecule has 35 heavy (non-hydrogen) atoms. The number of amides is 1. The van der Waals surface area contributed by atoms with Gasteiger partial charge in [-0.15, -0.1) is 0 Å². The third-order valence-electron chi connectivity index (χ3n) is 6.54. The molecule has 184 valence electrons. The van der Waals surface area contributed by atoms with Gasteiger partial charge in [-0.25, -0.2) is 14.6 Å². The molecule has 3 heterocycles. The van der Waals surface area contributed by atoms with Crippen LogP contribution in [0.2, 0.25) is 0 Å². The number of hydrogen-bond donors (Lipinski definition) is 0. The van der Waals surface area contributed by atoms with Crippen molar-refractivity contribution in [3.63, 3.8) is 0 Å². The van der Waals surface area contributed by atoms with Gasteiger partial charge in [0.05, 0.1) is 28.7 Å². The van der Waals surface area contributed by atoms with Crippen LogP contribution in [0, 0.1) is 0 Å². The second-order valence-electron chi connectivity index (χ2n) is 9.05. The Bertz CT molecular complexity index is 1210. The number of benzene rings is 1. The van der Waals surface area contributed by atoms with Gasteiger partial charge in [0, 0.05) is 43.9 Å². The molecule has 0 radical (unpaired) electrons. The maximum absolute atomic E-state index is 13.6. The molecule has 2 fully saturated rings. The minimum atomic E-state index is -4.51. The van der Waals surface area contributed by atoms with Crippen LogP contribution in [0.3, 0.4) is 0 Å². The normalized spacial score (nSPS) is 17.1. The standard InChI is InChI=1S/C25H27F3N6O/c1-2-11-32-12-14-33(15-13-32)23(35)19-16-30-34(22(19)17-7-8-17)24-29-10-9-21(31-24)18-5-3-4-6-20(18)25(26,27)28/h3-6,9-10,16-17H,2,7-8,11-15H2,1H3. The molecule has 2 aromatic heterocycles. The van der Waals surface area contributed by atoms with Gasteiger partial charge in [0.15, 0.2) is 0 Å². The summed E-state index contributed by atoms with van der Waals surface area (Å²) in [4.78, 5) is 26.3. The van der Waals surface area contributed by atoms with Crippen molar-refractivity contribution < 1.29 is 18.0 Å². The van der Waals surface area contributed by atoms with E-state index in [1.54, 1.807) is 12.3 Å². The summed E-state index contributed by atoms with van der Waals surface area (Å²) in [5.74, 6) is 0.258. The van der Waals surface area contributed by atoms with Gasteiger partial charge in [0.2, 0.25) is 0 Å². The Kier molecular flexibility index (Phi) is 6.31. The Morgan fingerprint density at radius 1 is 1.09 bits per heavy atom. The molecule has 10 heteroatoms. The fourth-order valence-corrected chi connectivity index (χ4v) is 4.65. The first-order valence-corrected chi connectivity index (χ1v) is 12.0. The van der Waals surface area contributed by atoms with Crippen LogP contribution in [0.4, 0.5) is 13.2 Å². The molecule has 1 aromatic carbocycles. The summed E-state index contributed by atoms with van der Waals surface area (Å²) >= 11 is 0. The smallest absolute Gasteiger partial charge is 0.336 e. The van der Waals surface area contributed by atoms with Gasteiger partial charge in [-0.05, 0) is 37.9 Å². The number of carbonyl (C=O) groups is 1. The second-order valence-corrected chi connectivity index (χ2v) is 9.05. The van der Waals surface area contributed by atoms with Crippen molar-refractivity contribution in [2.45, 2.75) is 38.3 Å². The monoisotopic (exact) mass is 484 g/mol. The molecule has 0 atom stereocenters. The summed E-state index contributed by atoms with van der Waals surface area (Å²) in [6.45, 7) is 6.18. The molecule has 1 amide bonds. The fourth-order valence-electron chi connectivity index (χ4n) is 4.65. The quantitative estimate of drug-likeness (QED) is 0.519. The summed E-state index contributed by atoms with van der Waals surface area (Å²) in [5.41, 5.74) is 0.643. The van der Waals surface area contributed by atoms with Gasteiger partial charge in [0.1, 0.15) is 0 Å². The first-order valence-electron chi connectivity index (χ1n) is 12.0. The lowest BCUT2D eigenvalue weighted by molar-refractivity contribution is -0.137. The zero-order valence-corrected chi connectivity index (χ0v) is 19.5. The van der Waals surface area contributed by atoms with Crippen LogP contribution in [0.25, 0.3) is 17.2 Å². The van der Waals surface area contributed by atoms with Gasteiger partial charge in [0.25, 0.3) is 11.9 Å². The van der Waals surface area contributed by atoms with Crippen molar-refractivity contribution in [2.24, 2.45) is 0 Å². The van der Waals surface area contributed by atoms with Crippen LogP contribution >= 0.6 is 0 Å². The molecule has 1 aliphatic heterocycles. The lowest BCUT2D eigenvalue weighted by Crippen LogP contribution is -2.48. The molecule has 1 saturated heterocycles. The second kappa shape index (κ2) is 9.41. The molecule has 5 rings (SSSR count). The van der Waals surface area contributed by atoms with Crippen LogP contribution in [-0.4, -0.2) is 68.2 Å². The Morgan fingerprint density at radius 2 is 1.83 bits per heavy atom. The third-order valence-corrected chi connectivity index (χ3v) is 6.54. The average molecular weight is 485 g/mol. The highest BCUT2D eigenvalue weighted by atomic mass is 19.4. The number of rotatable bonds is 6. The summed E-state index contributed by atoms with van der Waals surface area (Å²) in [7, 11) is 0. The summed E-state index contributed by atoms with van der Waals surface area (Å²) in [6.07, 6.45) is 1.40. The molecule has 1 aliphatic carbocycles. The maximum Gasteiger partial charge on any atom is 0.417 e. The SMILES string of the molecule is CCCN1CCN(C(=O)c2cnn(-c3nccc(-c4ccccc4C(F)(F)F)n3)c2C2CC2)CC1. The summed E-state index contributed by atoms with van der Waals surface area (Å²) in [5, 5.41) is 4.43. The Labute approximate surface area is 201 Å². The molecule has 0 spiro atoms. The zero-order chi connectivity index (χ0) is 24.6. The topological polar surface area (TPSA) is 67.2 Å². The zero-order valence-electron chi connectivity index (χ0n) is 19.5. The largest absolute Gasteiger partial charge is 0.417 e. The van der Waals surface area contributed by atoms with Gasteiger partial charge in [-0.2, -0.15) is 18.3 Å². The Morgan fingerprint density at radius 3 is 2.51 bits per heavy atom. The number of piperazine rings is 1. The summed E-state index contributed by atoms with van der Waals surface area (Å²) in [6, 6.07) is 6.79. The number of nitrogens with zero attached hydrogens (tertiary/aromatic N) is 6. The minimum Gasteiger partial charge on any atom is -0.336 e. The van der Waals surface area contributed by atoms with Crippen molar-refractivity contribution in [1.29, 1.82) is 0 Å². The molecular weight excluding hydrogens is 457 g/mol. The first-order chi connectivity index (χ1) is 16.9. The molecule has 1 saturated carbocycles. The highest BCUT2D eigenvalue weighted by molar-refractivity contribution is 5.95. The van der Waals surface area contributed by atoms with E-state index in [0.717, 1.165) is 50.7 Å². The highest BCUT2D eigenvalue weighted by Gasteiger charge is 2.36. The number of hydrogen-bond acceptors (Lipinski definition) is 5. The van der Waals surface area contributed by atoms with Gasteiger partial charge in [-0.1, -0.05) is 25.1 Å². The van der Waals surface area contributed by atoms with Gasteiger partial charge in [-0.3, -0.25) is 9.69 Å². The predicted octanol–water partition coefficient (Wildman–Crippen LogP) is 4.39. The predicted molar refractivity (Wildman–Crippen MR) is 124 cm³/mol. The Balaban J connectivity index is 1.46. The van der Waals surface area contributed by atoms with Crippen molar-refractivity contribution >= 4 is 5.91 Å². The van der Waals surface area contributed by atoms with E-state index in [1.807, 2.05) is 4.90 Å². The van der Waals surface area contributed by atoms with E-state index in [9.17, 15) is 18.0 Å². The lowest BCUT2D eigenvalue weighted by atomic mass is 10.0. The van der Waals surface area contributed by atoms with Crippen molar-refractivity contribution in [3.05, 3.63) is 59.5 Å². The summed E-state index contributed by atoms with van der Waals surface area (Å²) < 4.78 is 42.2. The van der Waals surface area contributed by atoms with Crippen LogP contribution in [0.5, 0.6) is 0 Å². The number of alkyl halides is 3. The number of aromatic nitrogens is 4. The van der Waals surface area contributed by atoms with Crippen LogP contribution < -0.4 is 0 Å². The molecular formula is C25H27F3N6O. The van der Waals surface area contributed by atoms with E-state index in [2.05, 4.69) is 26.9 Å². The lowest BCUT2D eigenvalue weighted by Gasteiger charge is -2.34. The number of halogens is 3. The minimum absolute atomic E-state index is 0.0231. The molecule has 2 aliphatic rings. The molecule has 0 bridgehead atoms.